The minimum Gasteiger partial charge on any atom is -0.370 e. The number of guanidine groups is 1. The molecule has 0 saturated carbocycles. The molecule has 1 aromatic rings. The maximum atomic E-state index is 13.8. The smallest absolute Gasteiger partial charge is 0.188 e. The summed E-state index contributed by atoms with van der Waals surface area (Å²) in [6.07, 6.45) is 2.17. The van der Waals surface area contributed by atoms with Gasteiger partial charge in [-0.1, -0.05) is 45.4 Å². The van der Waals surface area contributed by atoms with Crippen molar-refractivity contribution >= 4 is 29.9 Å². The number of aliphatic imine (C=N–C) groups is 1. The average molecular weight is 393 g/mol. The van der Waals surface area contributed by atoms with Gasteiger partial charge < -0.3 is 11.1 Å². The highest BCUT2D eigenvalue weighted by Gasteiger charge is 2.23. The van der Waals surface area contributed by atoms with E-state index >= 15 is 0 Å². The van der Waals surface area contributed by atoms with Gasteiger partial charge in [-0.15, -0.1) is 24.0 Å². The SMILES string of the molecule is CCCCNC(N)=NCC(C)(C)c1ccccc1F.I. The standard InChI is InChI=1S/C15H24FN3.HI/c1-4-5-10-18-14(17)19-11-15(2,3)12-8-6-7-9-13(12)16;/h6-9H,4-5,10-11H2,1-3H3,(H3,17,18,19);1H. The molecular formula is C15H25FIN3. The molecule has 0 saturated heterocycles. The fraction of sp³-hybridized carbons (Fsp3) is 0.533. The lowest BCUT2D eigenvalue weighted by Crippen LogP contribution is -2.34. The van der Waals surface area contributed by atoms with Crippen LogP contribution in [0.5, 0.6) is 0 Å². The Morgan fingerprint density at radius 3 is 2.60 bits per heavy atom. The van der Waals surface area contributed by atoms with Crippen LogP contribution in [0.4, 0.5) is 4.39 Å². The van der Waals surface area contributed by atoms with E-state index in [1.165, 1.54) is 6.07 Å². The van der Waals surface area contributed by atoms with Crippen LogP contribution in [0.2, 0.25) is 0 Å². The second-order valence-electron chi connectivity index (χ2n) is 5.35. The second kappa shape index (κ2) is 9.15. The van der Waals surface area contributed by atoms with Gasteiger partial charge in [0, 0.05) is 12.0 Å². The van der Waals surface area contributed by atoms with Crippen molar-refractivity contribution < 1.29 is 4.39 Å². The Kier molecular flexibility index (Phi) is 8.76. The lowest BCUT2D eigenvalue weighted by Gasteiger charge is -2.23. The van der Waals surface area contributed by atoms with E-state index in [1.807, 2.05) is 19.9 Å². The number of hydrogen-bond acceptors (Lipinski definition) is 1. The molecule has 0 spiro atoms. The predicted molar refractivity (Wildman–Crippen MR) is 94.2 cm³/mol. The summed E-state index contributed by atoms with van der Waals surface area (Å²) >= 11 is 0. The number of nitrogens with one attached hydrogen (secondary N) is 1. The third-order valence-corrected chi connectivity index (χ3v) is 3.08. The molecule has 0 aliphatic carbocycles. The molecule has 0 aliphatic rings. The van der Waals surface area contributed by atoms with E-state index in [-0.39, 0.29) is 35.2 Å². The second-order valence-corrected chi connectivity index (χ2v) is 5.35. The first-order chi connectivity index (χ1) is 8.97. The molecule has 0 unspecified atom stereocenters. The molecule has 0 aliphatic heterocycles. The fourth-order valence-electron chi connectivity index (χ4n) is 1.83. The van der Waals surface area contributed by atoms with Crippen molar-refractivity contribution in [3.63, 3.8) is 0 Å². The third kappa shape index (κ3) is 6.07. The maximum Gasteiger partial charge on any atom is 0.188 e. The molecule has 1 aromatic carbocycles. The first kappa shape index (κ1) is 19.1. The molecule has 114 valence electrons. The quantitative estimate of drug-likeness (QED) is 0.337. The molecule has 0 amide bonds. The first-order valence-electron chi connectivity index (χ1n) is 6.76. The number of halogens is 2. The van der Waals surface area contributed by atoms with Crippen molar-refractivity contribution in [3.8, 4) is 0 Å². The molecule has 20 heavy (non-hydrogen) atoms. The summed E-state index contributed by atoms with van der Waals surface area (Å²) in [5, 5.41) is 3.06. The van der Waals surface area contributed by atoms with Gasteiger partial charge >= 0.3 is 0 Å². The Bertz CT molecular complexity index is 433. The van der Waals surface area contributed by atoms with Crippen LogP contribution in [0, 0.1) is 5.82 Å². The minimum absolute atomic E-state index is 0. The molecule has 0 aromatic heterocycles. The van der Waals surface area contributed by atoms with Crippen LogP contribution >= 0.6 is 24.0 Å². The van der Waals surface area contributed by atoms with E-state index in [1.54, 1.807) is 12.1 Å². The van der Waals surface area contributed by atoms with Crippen LogP contribution in [-0.4, -0.2) is 19.0 Å². The summed E-state index contributed by atoms with van der Waals surface area (Å²) in [5.74, 6) is 0.234. The van der Waals surface area contributed by atoms with Gasteiger partial charge in [-0.05, 0) is 18.1 Å². The van der Waals surface area contributed by atoms with Crippen LogP contribution in [0.25, 0.3) is 0 Å². The summed E-state index contributed by atoms with van der Waals surface area (Å²) in [6.45, 7) is 7.34. The van der Waals surface area contributed by atoms with Gasteiger partial charge in [0.1, 0.15) is 5.82 Å². The van der Waals surface area contributed by atoms with Crippen LogP contribution in [0.15, 0.2) is 29.3 Å². The van der Waals surface area contributed by atoms with Crippen molar-refractivity contribution in [2.24, 2.45) is 10.7 Å². The monoisotopic (exact) mass is 393 g/mol. The number of nitrogens with zero attached hydrogens (tertiary/aromatic N) is 1. The Hall–Kier alpha value is -0.850. The van der Waals surface area contributed by atoms with Crippen LogP contribution in [0.1, 0.15) is 39.2 Å². The highest BCUT2D eigenvalue weighted by molar-refractivity contribution is 14.0. The summed E-state index contributed by atoms with van der Waals surface area (Å²) in [6, 6.07) is 6.81. The van der Waals surface area contributed by atoms with Crippen LogP contribution in [0.3, 0.4) is 0 Å². The average Bonchev–Trinajstić information content (AvgIpc) is 2.37. The first-order valence-corrected chi connectivity index (χ1v) is 6.76. The summed E-state index contributed by atoms with van der Waals surface area (Å²) in [4.78, 5) is 4.30. The van der Waals surface area contributed by atoms with E-state index in [0.29, 0.717) is 18.1 Å². The van der Waals surface area contributed by atoms with Gasteiger partial charge in [-0.25, -0.2) is 4.39 Å². The van der Waals surface area contributed by atoms with Gasteiger partial charge in [0.05, 0.1) is 6.54 Å². The number of hydrogen-bond donors (Lipinski definition) is 2. The molecule has 5 heteroatoms. The van der Waals surface area contributed by atoms with Gasteiger partial charge in [-0.3, -0.25) is 4.99 Å². The zero-order valence-corrected chi connectivity index (χ0v) is 14.8. The molecule has 0 heterocycles. The van der Waals surface area contributed by atoms with Crippen molar-refractivity contribution in [3.05, 3.63) is 35.6 Å². The highest BCUT2D eigenvalue weighted by Crippen LogP contribution is 2.25. The largest absolute Gasteiger partial charge is 0.370 e. The number of nitrogens with two attached hydrogens (primary N) is 1. The zero-order valence-electron chi connectivity index (χ0n) is 12.4. The van der Waals surface area contributed by atoms with E-state index < -0.39 is 0 Å². The normalized spacial score (nSPS) is 11.9. The molecule has 3 nitrogen and oxygen atoms in total. The number of unbranched alkanes of at least 4 members (excludes halogenated alkanes) is 1. The molecule has 3 N–H and O–H groups in total. The molecule has 1 rings (SSSR count). The Labute approximate surface area is 138 Å². The lowest BCUT2D eigenvalue weighted by molar-refractivity contribution is 0.493. The van der Waals surface area contributed by atoms with Gasteiger partial charge in [0.25, 0.3) is 0 Å². The Morgan fingerprint density at radius 2 is 2.00 bits per heavy atom. The van der Waals surface area contributed by atoms with Crippen LogP contribution < -0.4 is 11.1 Å². The molecule has 0 bridgehead atoms. The van der Waals surface area contributed by atoms with Crippen LogP contribution in [-0.2, 0) is 5.41 Å². The Balaban J connectivity index is 0.00000361. The molecule has 0 fully saturated rings. The third-order valence-electron chi connectivity index (χ3n) is 3.08. The fourth-order valence-corrected chi connectivity index (χ4v) is 1.83. The van der Waals surface area contributed by atoms with Crippen molar-refractivity contribution in [2.75, 3.05) is 13.1 Å². The van der Waals surface area contributed by atoms with E-state index in [9.17, 15) is 4.39 Å². The van der Waals surface area contributed by atoms with Crippen molar-refractivity contribution in [2.45, 2.75) is 39.0 Å². The number of benzene rings is 1. The maximum absolute atomic E-state index is 13.8. The van der Waals surface area contributed by atoms with E-state index in [0.717, 1.165) is 19.4 Å². The topological polar surface area (TPSA) is 50.4 Å². The zero-order chi connectivity index (χ0) is 14.3. The van der Waals surface area contributed by atoms with Gasteiger partial charge in [0.15, 0.2) is 5.96 Å². The summed E-state index contributed by atoms with van der Waals surface area (Å²) in [5.41, 5.74) is 6.08. The highest BCUT2D eigenvalue weighted by atomic mass is 127. The van der Waals surface area contributed by atoms with Crippen molar-refractivity contribution in [1.82, 2.24) is 5.32 Å². The van der Waals surface area contributed by atoms with E-state index in [2.05, 4.69) is 17.2 Å². The minimum atomic E-state index is -0.373. The molecule has 0 radical (unpaired) electrons. The molecule has 0 atom stereocenters. The molecular weight excluding hydrogens is 368 g/mol. The Morgan fingerprint density at radius 1 is 1.35 bits per heavy atom. The van der Waals surface area contributed by atoms with Crippen molar-refractivity contribution in [1.29, 1.82) is 0 Å². The van der Waals surface area contributed by atoms with E-state index in [4.69, 9.17) is 5.73 Å². The summed E-state index contributed by atoms with van der Waals surface area (Å²) in [7, 11) is 0. The number of rotatable bonds is 6. The van der Waals surface area contributed by atoms with Gasteiger partial charge in [-0.2, -0.15) is 0 Å². The lowest BCUT2D eigenvalue weighted by atomic mass is 9.84. The van der Waals surface area contributed by atoms with Gasteiger partial charge in [0.2, 0.25) is 0 Å². The summed E-state index contributed by atoms with van der Waals surface area (Å²) < 4.78 is 13.8. The predicted octanol–water partition coefficient (Wildman–Crippen LogP) is 3.43.